The Morgan fingerprint density at radius 3 is 2.28 bits per heavy atom. The van der Waals surface area contributed by atoms with Crippen LogP contribution in [0.5, 0.6) is 5.75 Å². The number of aromatic nitrogens is 2. The fourth-order valence-corrected chi connectivity index (χ4v) is 4.43. The number of nitrogens with zero attached hydrogens (tertiary/aromatic N) is 3. The fourth-order valence-electron chi connectivity index (χ4n) is 4.43. The van der Waals surface area contributed by atoms with Gasteiger partial charge in [-0.15, -0.1) is 0 Å². The van der Waals surface area contributed by atoms with Gasteiger partial charge in [-0.1, -0.05) is 6.07 Å². The van der Waals surface area contributed by atoms with Crippen molar-refractivity contribution in [2.45, 2.75) is 0 Å². The minimum Gasteiger partial charge on any atom is -0.496 e. The third-order valence-electron chi connectivity index (χ3n) is 5.85. The Bertz CT molecular complexity index is 1520. The molecule has 0 saturated heterocycles. The molecular weight excluding hydrogens is 412 g/mol. The summed E-state index contributed by atoms with van der Waals surface area (Å²) in [5.41, 5.74) is 2.98. The van der Waals surface area contributed by atoms with Gasteiger partial charge >= 0.3 is 0 Å². The zero-order chi connectivity index (χ0) is 22.7. The summed E-state index contributed by atoms with van der Waals surface area (Å²) in [7, 11) is 5.15. The molecule has 160 valence electrons. The Kier molecular flexibility index (Phi) is 4.16. The minimum atomic E-state index is -0.511. The zero-order valence-corrected chi connectivity index (χ0v) is 17.5. The topological polar surface area (TPSA) is 108 Å². The largest absolute Gasteiger partial charge is 0.496 e. The predicted octanol–water partition coefficient (Wildman–Crippen LogP) is 3.15. The zero-order valence-electron chi connectivity index (χ0n) is 17.5. The highest BCUT2D eigenvalue weighted by molar-refractivity contribution is 6.51. The summed E-state index contributed by atoms with van der Waals surface area (Å²) in [6, 6.07) is 10.0. The molecule has 1 aliphatic rings. The van der Waals surface area contributed by atoms with E-state index in [1.165, 1.54) is 12.1 Å². The quantitative estimate of drug-likeness (QED) is 0.304. The van der Waals surface area contributed by atoms with Crippen LogP contribution in [0.4, 0.5) is 5.69 Å². The Morgan fingerprint density at radius 2 is 1.59 bits per heavy atom. The molecule has 0 fully saturated rings. The lowest BCUT2D eigenvalue weighted by Gasteiger charge is -2.06. The van der Waals surface area contributed by atoms with Crippen LogP contribution in [0.25, 0.3) is 33.0 Å². The second-order valence-electron chi connectivity index (χ2n) is 7.65. The Balaban J connectivity index is 1.85. The van der Waals surface area contributed by atoms with Gasteiger partial charge in [0.15, 0.2) is 0 Å². The minimum absolute atomic E-state index is 0.0507. The van der Waals surface area contributed by atoms with Crippen LogP contribution in [0.2, 0.25) is 0 Å². The van der Waals surface area contributed by atoms with E-state index < -0.39 is 16.7 Å². The van der Waals surface area contributed by atoms with Crippen molar-refractivity contribution in [3.05, 3.63) is 70.0 Å². The molecule has 1 N–H and O–H groups in total. The smallest absolute Gasteiger partial charge is 0.271 e. The molecule has 0 unspecified atom stereocenters. The molecular formula is C23H18N4O5. The number of benzene rings is 2. The van der Waals surface area contributed by atoms with E-state index in [0.29, 0.717) is 27.8 Å². The van der Waals surface area contributed by atoms with Gasteiger partial charge in [0.1, 0.15) is 5.75 Å². The molecule has 32 heavy (non-hydrogen) atoms. The van der Waals surface area contributed by atoms with Crippen LogP contribution >= 0.6 is 0 Å². The maximum Gasteiger partial charge on any atom is 0.271 e. The van der Waals surface area contributed by atoms with Crippen molar-refractivity contribution in [2.24, 2.45) is 14.1 Å². The number of amides is 2. The monoisotopic (exact) mass is 430 g/mol. The molecule has 4 aromatic rings. The third-order valence-corrected chi connectivity index (χ3v) is 5.85. The SMILES string of the molecule is COc1cccc2c1c(C1=C(c3cn(C)c4cc([N+](=O)[O-])ccc34)C(=O)NC1=O)cn2C. The first-order valence-electron chi connectivity index (χ1n) is 9.78. The van der Waals surface area contributed by atoms with E-state index >= 15 is 0 Å². The summed E-state index contributed by atoms with van der Waals surface area (Å²) in [6.07, 6.45) is 3.51. The van der Waals surface area contributed by atoms with Crippen molar-refractivity contribution in [2.75, 3.05) is 7.11 Å². The van der Waals surface area contributed by atoms with Gasteiger partial charge < -0.3 is 13.9 Å². The number of aryl methyl sites for hydroxylation is 2. The number of methoxy groups -OCH3 is 1. The van der Waals surface area contributed by atoms with Crippen molar-refractivity contribution in [1.82, 2.24) is 14.5 Å². The molecule has 0 aliphatic carbocycles. The maximum atomic E-state index is 13.0. The normalized spacial score (nSPS) is 14.0. The van der Waals surface area contributed by atoms with Gasteiger partial charge in [0.2, 0.25) is 0 Å². The van der Waals surface area contributed by atoms with Crippen molar-refractivity contribution in [1.29, 1.82) is 0 Å². The number of carbonyl (C=O) groups excluding carboxylic acids is 2. The highest BCUT2D eigenvalue weighted by atomic mass is 16.6. The van der Waals surface area contributed by atoms with E-state index in [2.05, 4.69) is 5.32 Å². The van der Waals surface area contributed by atoms with E-state index in [1.807, 2.05) is 23.7 Å². The molecule has 2 aromatic heterocycles. The molecule has 0 atom stereocenters. The van der Waals surface area contributed by atoms with Crippen LogP contribution in [-0.2, 0) is 23.7 Å². The highest BCUT2D eigenvalue weighted by Gasteiger charge is 2.36. The molecule has 0 bridgehead atoms. The number of ether oxygens (including phenoxy) is 1. The maximum absolute atomic E-state index is 13.0. The molecule has 2 aromatic carbocycles. The van der Waals surface area contributed by atoms with Crippen LogP contribution in [0.15, 0.2) is 48.8 Å². The number of fused-ring (bicyclic) bond motifs is 2. The van der Waals surface area contributed by atoms with Gasteiger partial charge in [-0.05, 0) is 18.2 Å². The van der Waals surface area contributed by atoms with Gasteiger partial charge in [-0.2, -0.15) is 0 Å². The van der Waals surface area contributed by atoms with E-state index in [9.17, 15) is 19.7 Å². The summed E-state index contributed by atoms with van der Waals surface area (Å²) in [5.74, 6) is -0.421. The summed E-state index contributed by atoms with van der Waals surface area (Å²) in [5, 5.41) is 15.0. The second kappa shape index (κ2) is 6.81. The lowest BCUT2D eigenvalue weighted by Crippen LogP contribution is -2.22. The van der Waals surface area contributed by atoms with Crippen LogP contribution in [0.1, 0.15) is 11.1 Å². The Labute approximate surface area is 181 Å². The van der Waals surface area contributed by atoms with Crippen molar-refractivity contribution in [3.8, 4) is 5.75 Å². The number of rotatable bonds is 4. The first-order chi connectivity index (χ1) is 15.3. The molecule has 5 rings (SSSR count). The van der Waals surface area contributed by atoms with Gasteiger partial charge in [0, 0.05) is 60.5 Å². The lowest BCUT2D eigenvalue weighted by molar-refractivity contribution is -0.384. The first kappa shape index (κ1) is 19.6. The van der Waals surface area contributed by atoms with Crippen molar-refractivity contribution < 1.29 is 19.2 Å². The highest BCUT2D eigenvalue weighted by Crippen LogP contribution is 2.41. The van der Waals surface area contributed by atoms with E-state index in [0.717, 1.165) is 10.9 Å². The standard InChI is InChI=1S/C23H18N4O5/c1-25-11-15(19-16(25)5-4-6-18(19)32-3)21-20(22(28)24-23(21)29)14-10-26(2)17-9-12(27(30)31)7-8-13(14)17/h4-11H,1-3H3,(H,24,28,29). The summed E-state index contributed by atoms with van der Waals surface area (Å²) < 4.78 is 9.12. The number of hydrogen-bond acceptors (Lipinski definition) is 5. The molecule has 1 aliphatic heterocycles. The average molecular weight is 430 g/mol. The molecule has 9 nitrogen and oxygen atoms in total. The molecule has 0 saturated carbocycles. The first-order valence-corrected chi connectivity index (χ1v) is 9.78. The van der Waals surface area contributed by atoms with Gasteiger partial charge in [0.25, 0.3) is 17.5 Å². The van der Waals surface area contributed by atoms with Crippen molar-refractivity contribution in [3.63, 3.8) is 0 Å². The van der Waals surface area contributed by atoms with Gasteiger partial charge in [-0.25, -0.2) is 0 Å². The van der Waals surface area contributed by atoms with Crippen LogP contribution < -0.4 is 10.1 Å². The fraction of sp³-hybridized carbons (Fsp3) is 0.130. The van der Waals surface area contributed by atoms with Crippen LogP contribution in [0, 0.1) is 10.1 Å². The van der Waals surface area contributed by atoms with E-state index in [1.54, 1.807) is 43.3 Å². The molecule has 2 amide bonds. The molecule has 0 spiro atoms. The number of nitro groups is 1. The lowest BCUT2D eigenvalue weighted by atomic mass is 9.95. The Morgan fingerprint density at radius 1 is 0.938 bits per heavy atom. The van der Waals surface area contributed by atoms with Gasteiger partial charge in [-0.3, -0.25) is 25.0 Å². The van der Waals surface area contributed by atoms with Crippen LogP contribution in [-0.4, -0.2) is 33.0 Å². The Hall–Kier alpha value is -4.40. The third kappa shape index (κ3) is 2.64. The van der Waals surface area contributed by atoms with Gasteiger partial charge in [0.05, 0.1) is 34.2 Å². The van der Waals surface area contributed by atoms with E-state index in [4.69, 9.17) is 4.74 Å². The summed E-state index contributed by atoms with van der Waals surface area (Å²) in [4.78, 5) is 36.7. The molecule has 3 heterocycles. The second-order valence-corrected chi connectivity index (χ2v) is 7.65. The van der Waals surface area contributed by atoms with E-state index in [-0.39, 0.29) is 16.8 Å². The van der Waals surface area contributed by atoms with Crippen LogP contribution in [0.3, 0.4) is 0 Å². The molecule has 9 heteroatoms. The summed E-state index contributed by atoms with van der Waals surface area (Å²) >= 11 is 0. The number of nitrogens with one attached hydrogen (secondary N) is 1. The molecule has 0 radical (unpaired) electrons. The number of hydrogen-bond donors (Lipinski definition) is 1. The summed E-state index contributed by atoms with van der Waals surface area (Å²) in [6.45, 7) is 0. The number of nitro benzene ring substituents is 1. The average Bonchev–Trinajstić information content (AvgIpc) is 3.38. The van der Waals surface area contributed by atoms with Crippen molar-refractivity contribution >= 4 is 50.5 Å². The number of carbonyl (C=O) groups is 2. The predicted molar refractivity (Wildman–Crippen MR) is 119 cm³/mol. The number of non-ortho nitro benzene ring substituents is 1. The number of imide groups is 1.